The molecule has 0 aliphatic carbocycles. The van der Waals surface area contributed by atoms with Crippen molar-refractivity contribution in [2.45, 2.75) is 11.8 Å². The van der Waals surface area contributed by atoms with E-state index >= 15 is 0 Å². The maximum atomic E-state index is 12.8. The van der Waals surface area contributed by atoms with Crippen molar-refractivity contribution in [3.8, 4) is 11.3 Å². The number of benzene rings is 1. The number of carbonyl (C=O) groups is 1. The van der Waals surface area contributed by atoms with Crippen molar-refractivity contribution >= 4 is 38.1 Å². The maximum absolute atomic E-state index is 12.8. The van der Waals surface area contributed by atoms with Gasteiger partial charge in [0.1, 0.15) is 0 Å². The highest BCUT2D eigenvalue weighted by atomic mass is 32.2. The first-order valence-corrected chi connectivity index (χ1v) is 11.5. The smallest absolute Gasteiger partial charge is 0.261 e. The monoisotopic (exact) mass is 451 g/mol. The number of hydrogen-bond acceptors (Lipinski definition) is 7. The molecule has 0 saturated carbocycles. The van der Waals surface area contributed by atoms with E-state index in [2.05, 4.69) is 25.0 Å². The van der Waals surface area contributed by atoms with Gasteiger partial charge in [0.15, 0.2) is 5.13 Å². The zero-order chi connectivity index (χ0) is 21.8. The topological polar surface area (TPSA) is 114 Å². The summed E-state index contributed by atoms with van der Waals surface area (Å²) in [5.41, 5.74) is 2.73. The number of thiazole rings is 1. The number of amides is 1. The van der Waals surface area contributed by atoms with E-state index in [9.17, 15) is 13.2 Å². The lowest BCUT2D eigenvalue weighted by atomic mass is 10.2. The van der Waals surface area contributed by atoms with E-state index in [1.54, 1.807) is 24.5 Å². The molecule has 31 heavy (non-hydrogen) atoms. The van der Waals surface area contributed by atoms with E-state index in [1.807, 2.05) is 24.4 Å². The van der Waals surface area contributed by atoms with Crippen LogP contribution in [0.15, 0.2) is 77.5 Å². The molecular weight excluding hydrogens is 434 g/mol. The molecule has 0 saturated heterocycles. The van der Waals surface area contributed by atoms with Gasteiger partial charge in [0, 0.05) is 29.5 Å². The van der Waals surface area contributed by atoms with Gasteiger partial charge in [-0.15, -0.1) is 11.3 Å². The molecule has 156 valence electrons. The summed E-state index contributed by atoms with van der Waals surface area (Å²) in [6, 6.07) is 11.5. The van der Waals surface area contributed by atoms with Crippen LogP contribution in [0.3, 0.4) is 0 Å². The number of hydrogen-bond donors (Lipinski definition) is 2. The second-order valence-electron chi connectivity index (χ2n) is 6.57. The van der Waals surface area contributed by atoms with Crippen molar-refractivity contribution in [2.75, 3.05) is 10.0 Å². The maximum Gasteiger partial charge on any atom is 0.261 e. The molecule has 8 nitrogen and oxygen atoms in total. The standard InChI is InChI=1S/C21H17N5O3S2/c1-14-2-4-16(5-3-14)31(28,29)26-18-12-23-11-8-17(18)20(27)25-21-24-19(13-30-21)15-6-9-22-10-7-15/h2-13,26H,1H3,(H,24,25,27). The molecule has 4 aromatic rings. The van der Waals surface area contributed by atoms with Crippen molar-refractivity contribution < 1.29 is 13.2 Å². The fraction of sp³-hybridized carbons (Fsp3) is 0.0476. The minimum atomic E-state index is -3.88. The third-order valence-electron chi connectivity index (χ3n) is 4.34. The number of aryl methyl sites for hydroxylation is 1. The summed E-state index contributed by atoms with van der Waals surface area (Å²) in [6.07, 6.45) is 6.04. The van der Waals surface area contributed by atoms with Gasteiger partial charge in [-0.25, -0.2) is 13.4 Å². The van der Waals surface area contributed by atoms with Gasteiger partial charge in [-0.3, -0.25) is 24.8 Å². The van der Waals surface area contributed by atoms with Gasteiger partial charge in [-0.1, -0.05) is 17.7 Å². The Balaban J connectivity index is 1.55. The molecule has 0 aliphatic rings. The fourth-order valence-corrected chi connectivity index (χ4v) is 4.52. The first-order chi connectivity index (χ1) is 14.9. The SMILES string of the molecule is Cc1ccc(S(=O)(=O)Nc2cnccc2C(=O)Nc2nc(-c3ccncc3)cs2)cc1. The van der Waals surface area contributed by atoms with E-state index in [4.69, 9.17) is 0 Å². The predicted octanol–water partition coefficient (Wildman–Crippen LogP) is 3.96. The second kappa shape index (κ2) is 8.62. The molecule has 0 spiro atoms. The van der Waals surface area contributed by atoms with Crippen LogP contribution in [0.4, 0.5) is 10.8 Å². The normalized spacial score (nSPS) is 11.1. The van der Waals surface area contributed by atoms with Crippen LogP contribution in [0.2, 0.25) is 0 Å². The van der Waals surface area contributed by atoms with E-state index in [0.717, 1.165) is 11.1 Å². The van der Waals surface area contributed by atoms with Crippen LogP contribution in [0.25, 0.3) is 11.3 Å². The van der Waals surface area contributed by atoms with Crippen molar-refractivity contribution in [3.63, 3.8) is 0 Å². The number of carbonyl (C=O) groups excluding carboxylic acids is 1. The Bertz CT molecular complexity index is 1320. The number of nitrogens with one attached hydrogen (secondary N) is 2. The highest BCUT2D eigenvalue weighted by Crippen LogP contribution is 2.26. The molecule has 0 bridgehead atoms. The average Bonchev–Trinajstić information content (AvgIpc) is 3.23. The minimum Gasteiger partial charge on any atom is -0.298 e. The van der Waals surface area contributed by atoms with Gasteiger partial charge in [0.25, 0.3) is 15.9 Å². The Morgan fingerprint density at radius 3 is 2.42 bits per heavy atom. The van der Waals surface area contributed by atoms with Crippen molar-refractivity contribution in [3.05, 3.63) is 83.8 Å². The first-order valence-electron chi connectivity index (χ1n) is 9.13. The predicted molar refractivity (Wildman–Crippen MR) is 120 cm³/mol. The number of sulfonamides is 1. The largest absolute Gasteiger partial charge is 0.298 e. The first kappa shape index (κ1) is 20.6. The van der Waals surface area contributed by atoms with Crippen LogP contribution in [0.5, 0.6) is 0 Å². The van der Waals surface area contributed by atoms with Crippen LogP contribution in [0.1, 0.15) is 15.9 Å². The number of pyridine rings is 2. The summed E-state index contributed by atoms with van der Waals surface area (Å²) in [5, 5.41) is 4.92. The van der Waals surface area contributed by atoms with Crippen LogP contribution in [-0.4, -0.2) is 29.3 Å². The van der Waals surface area contributed by atoms with E-state index in [0.29, 0.717) is 10.8 Å². The lowest BCUT2D eigenvalue weighted by molar-refractivity contribution is 0.102. The van der Waals surface area contributed by atoms with Gasteiger partial charge in [0.2, 0.25) is 0 Å². The Hall–Kier alpha value is -3.63. The Labute approximate surface area is 183 Å². The molecule has 1 aromatic carbocycles. The summed E-state index contributed by atoms with van der Waals surface area (Å²) in [4.78, 5) is 25.3. The second-order valence-corrected chi connectivity index (χ2v) is 9.11. The summed E-state index contributed by atoms with van der Waals surface area (Å²) in [7, 11) is -3.88. The number of anilines is 2. The van der Waals surface area contributed by atoms with Gasteiger partial charge in [-0.05, 0) is 37.3 Å². The molecule has 0 unspecified atom stereocenters. The molecular formula is C21H17N5O3S2. The van der Waals surface area contributed by atoms with Gasteiger partial charge in [-0.2, -0.15) is 0 Å². The number of nitrogens with zero attached hydrogens (tertiary/aromatic N) is 3. The summed E-state index contributed by atoms with van der Waals surface area (Å²) >= 11 is 1.27. The van der Waals surface area contributed by atoms with Crippen molar-refractivity contribution in [2.24, 2.45) is 0 Å². The van der Waals surface area contributed by atoms with Gasteiger partial charge < -0.3 is 0 Å². The van der Waals surface area contributed by atoms with Crippen LogP contribution in [0, 0.1) is 6.92 Å². The highest BCUT2D eigenvalue weighted by molar-refractivity contribution is 7.92. The third kappa shape index (κ3) is 4.76. The molecule has 3 aromatic heterocycles. The quantitative estimate of drug-likeness (QED) is 0.459. The highest BCUT2D eigenvalue weighted by Gasteiger charge is 2.20. The Morgan fingerprint density at radius 2 is 1.68 bits per heavy atom. The average molecular weight is 452 g/mol. The third-order valence-corrected chi connectivity index (χ3v) is 6.48. The summed E-state index contributed by atoms with van der Waals surface area (Å²) in [5.74, 6) is -0.500. The van der Waals surface area contributed by atoms with E-state index in [1.165, 1.54) is 41.9 Å². The summed E-state index contributed by atoms with van der Waals surface area (Å²) < 4.78 is 27.9. The molecule has 0 atom stereocenters. The number of aromatic nitrogens is 3. The van der Waals surface area contributed by atoms with Crippen LogP contribution < -0.4 is 10.0 Å². The lowest BCUT2D eigenvalue weighted by Gasteiger charge is -2.12. The molecule has 4 rings (SSSR count). The zero-order valence-electron chi connectivity index (χ0n) is 16.3. The van der Waals surface area contributed by atoms with Gasteiger partial charge in [0.05, 0.1) is 28.0 Å². The Morgan fingerprint density at radius 1 is 0.968 bits per heavy atom. The van der Waals surface area contributed by atoms with Crippen LogP contribution in [-0.2, 0) is 10.0 Å². The molecule has 1 amide bonds. The molecule has 2 N–H and O–H groups in total. The zero-order valence-corrected chi connectivity index (χ0v) is 17.9. The molecule has 0 aliphatic heterocycles. The summed E-state index contributed by atoms with van der Waals surface area (Å²) in [6.45, 7) is 1.87. The minimum absolute atomic E-state index is 0.0755. The molecule has 0 fully saturated rings. The van der Waals surface area contributed by atoms with Gasteiger partial charge >= 0.3 is 0 Å². The molecule has 3 heterocycles. The molecule has 10 heteroatoms. The van der Waals surface area contributed by atoms with Crippen molar-refractivity contribution in [1.82, 2.24) is 15.0 Å². The Kier molecular flexibility index (Phi) is 5.74. The fourth-order valence-electron chi connectivity index (χ4n) is 2.75. The van der Waals surface area contributed by atoms with E-state index < -0.39 is 15.9 Å². The van der Waals surface area contributed by atoms with Crippen molar-refractivity contribution in [1.29, 1.82) is 0 Å². The van der Waals surface area contributed by atoms with Crippen LogP contribution >= 0.6 is 11.3 Å². The van der Waals surface area contributed by atoms with E-state index in [-0.39, 0.29) is 16.1 Å². The lowest BCUT2D eigenvalue weighted by Crippen LogP contribution is -2.19. The number of rotatable bonds is 6. The molecule has 0 radical (unpaired) electrons.